The van der Waals surface area contributed by atoms with Crippen LogP contribution in [0.3, 0.4) is 0 Å². The van der Waals surface area contributed by atoms with Crippen molar-refractivity contribution < 1.29 is 14.7 Å². The summed E-state index contributed by atoms with van der Waals surface area (Å²) in [7, 11) is 0. The highest BCUT2D eigenvalue weighted by Gasteiger charge is 2.51. The number of benzene rings is 3. The Balaban J connectivity index is 1.60. The van der Waals surface area contributed by atoms with Gasteiger partial charge in [0.2, 0.25) is 0 Å². The first-order chi connectivity index (χ1) is 18.3. The first-order valence-corrected chi connectivity index (χ1v) is 13.1. The number of nitrogens with zero attached hydrogens (tertiary/aromatic N) is 4. The molecule has 3 aromatic carbocycles. The average Bonchev–Trinajstić information content (AvgIpc) is 3.43. The molecule has 2 aliphatic rings. The maximum Gasteiger partial charge on any atom is 0.256 e. The second-order valence-electron chi connectivity index (χ2n) is 9.93. The number of hydrogen-bond acceptors (Lipinski definition) is 5. The van der Waals surface area contributed by atoms with Gasteiger partial charge in [-0.15, -0.1) is 0 Å². The lowest BCUT2D eigenvalue weighted by Crippen LogP contribution is -2.40. The van der Waals surface area contributed by atoms with Gasteiger partial charge in [-0.25, -0.2) is 10.0 Å². The molecule has 1 N–H and O–H groups in total. The smallest absolute Gasteiger partial charge is 0.256 e. The van der Waals surface area contributed by atoms with Crippen molar-refractivity contribution in [3.05, 3.63) is 89.5 Å². The predicted molar refractivity (Wildman–Crippen MR) is 151 cm³/mol. The SMILES string of the molecule is CCC1=NN(c2ccc(C)cc2)C(=O)C1C(c1ccc(O)cc1)C1C(=O)N(c2ccc(C)cc2)N=C1CC. The van der Waals surface area contributed by atoms with Gasteiger partial charge >= 0.3 is 0 Å². The molecule has 0 spiro atoms. The minimum absolute atomic E-state index is 0.124. The Labute approximate surface area is 223 Å². The van der Waals surface area contributed by atoms with Crippen molar-refractivity contribution in [2.45, 2.75) is 46.5 Å². The number of amides is 2. The summed E-state index contributed by atoms with van der Waals surface area (Å²) < 4.78 is 0. The fraction of sp³-hybridized carbons (Fsp3) is 0.290. The second kappa shape index (κ2) is 10.2. The van der Waals surface area contributed by atoms with Gasteiger partial charge in [-0.1, -0.05) is 61.4 Å². The summed E-state index contributed by atoms with van der Waals surface area (Å²) in [6.45, 7) is 7.96. The molecule has 0 aliphatic carbocycles. The van der Waals surface area contributed by atoms with E-state index >= 15 is 0 Å². The monoisotopic (exact) mass is 508 g/mol. The summed E-state index contributed by atoms with van der Waals surface area (Å²) in [5.41, 5.74) is 5.82. The Morgan fingerprint density at radius 3 is 1.45 bits per heavy atom. The molecule has 194 valence electrons. The highest BCUT2D eigenvalue weighted by molar-refractivity contribution is 6.20. The van der Waals surface area contributed by atoms with Crippen molar-refractivity contribution in [3.63, 3.8) is 0 Å². The molecule has 0 saturated heterocycles. The van der Waals surface area contributed by atoms with E-state index in [9.17, 15) is 14.7 Å². The third-order valence-electron chi connectivity index (χ3n) is 7.40. The van der Waals surface area contributed by atoms with Crippen LogP contribution in [0.1, 0.15) is 49.3 Å². The van der Waals surface area contributed by atoms with Gasteiger partial charge in [0.15, 0.2) is 0 Å². The topological polar surface area (TPSA) is 85.6 Å². The van der Waals surface area contributed by atoms with Crippen LogP contribution in [0.2, 0.25) is 0 Å². The number of rotatable bonds is 7. The van der Waals surface area contributed by atoms with Crippen molar-refractivity contribution in [2.24, 2.45) is 22.0 Å². The third-order valence-corrected chi connectivity index (χ3v) is 7.40. The zero-order chi connectivity index (χ0) is 27.0. The fourth-order valence-corrected chi connectivity index (χ4v) is 5.35. The van der Waals surface area contributed by atoms with Gasteiger partial charge in [-0.2, -0.15) is 10.2 Å². The number of anilines is 2. The van der Waals surface area contributed by atoms with Crippen LogP contribution < -0.4 is 10.0 Å². The second-order valence-corrected chi connectivity index (χ2v) is 9.93. The van der Waals surface area contributed by atoms with Crippen LogP contribution in [0.15, 0.2) is 83.0 Å². The van der Waals surface area contributed by atoms with Gasteiger partial charge in [-0.05, 0) is 68.7 Å². The van der Waals surface area contributed by atoms with Gasteiger partial charge in [0.25, 0.3) is 11.8 Å². The molecule has 2 heterocycles. The van der Waals surface area contributed by atoms with E-state index in [4.69, 9.17) is 10.2 Å². The van der Waals surface area contributed by atoms with E-state index in [-0.39, 0.29) is 17.6 Å². The lowest BCUT2D eigenvalue weighted by Gasteiger charge is -2.29. The van der Waals surface area contributed by atoms with Crippen LogP contribution in [-0.2, 0) is 9.59 Å². The summed E-state index contributed by atoms with van der Waals surface area (Å²) in [4.78, 5) is 28.2. The van der Waals surface area contributed by atoms with E-state index < -0.39 is 17.8 Å². The van der Waals surface area contributed by atoms with E-state index in [1.807, 2.05) is 76.2 Å². The zero-order valence-corrected chi connectivity index (χ0v) is 22.1. The van der Waals surface area contributed by atoms with E-state index in [1.165, 1.54) is 10.0 Å². The van der Waals surface area contributed by atoms with Crippen LogP contribution in [0, 0.1) is 25.7 Å². The van der Waals surface area contributed by atoms with Crippen LogP contribution in [-0.4, -0.2) is 28.3 Å². The van der Waals surface area contributed by atoms with Gasteiger partial charge in [0, 0.05) is 5.92 Å². The fourth-order valence-electron chi connectivity index (χ4n) is 5.35. The van der Waals surface area contributed by atoms with Crippen molar-refractivity contribution >= 4 is 34.6 Å². The molecule has 7 nitrogen and oxygen atoms in total. The molecule has 0 fully saturated rings. The molecule has 2 unspecified atom stereocenters. The van der Waals surface area contributed by atoms with E-state index in [1.54, 1.807) is 24.3 Å². The summed E-state index contributed by atoms with van der Waals surface area (Å²) >= 11 is 0. The highest BCUT2D eigenvalue weighted by Crippen LogP contribution is 2.44. The summed E-state index contributed by atoms with van der Waals surface area (Å²) in [6, 6.07) is 22.2. The highest BCUT2D eigenvalue weighted by atomic mass is 16.3. The Bertz CT molecular complexity index is 1320. The van der Waals surface area contributed by atoms with Crippen LogP contribution in [0.25, 0.3) is 0 Å². The molecule has 38 heavy (non-hydrogen) atoms. The third kappa shape index (κ3) is 4.49. The molecule has 2 amide bonds. The van der Waals surface area contributed by atoms with Crippen molar-refractivity contribution in [1.29, 1.82) is 0 Å². The number of hydrazone groups is 2. The number of aromatic hydroxyl groups is 1. The summed E-state index contributed by atoms with van der Waals surface area (Å²) in [6.07, 6.45) is 1.13. The molecule has 0 aromatic heterocycles. The Morgan fingerprint density at radius 2 is 1.08 bits per heavy atom. The average molecular weight is 509 g/mol. The lowest BCUT2D eigenvalue weighted by atomic mass is 9.71. The molecular formula is C31H32N4O3. The zero-order valence-electron chi connectivity index (χ0n) is 22.1. The number of phenolic OH excluding ortho intramolecular Hbond substituents is 1. The van der Waals surface area contributed by atoms with E-state index in [2.05, 4.69) is 0 Å². The minimum atomic E-state index is -0.644. The minimum Gasteiger partial charge on any atom is -0.508 e. The summed E-state index contributed by atoms with van der Waals surface area (Å²) in [5, 5.41) is 22.4. The molecule has 0 bridgehead atoms. The Hall–Kier alpha value is -4.26. The summed E-state index contributed by atoms with van der Waals surface area (Å²) in [5.74, 6) is -2.02. The van der Waals surface area contributed by atoms with Crippen molar-refractivity contribution in [1.82, 2.24) is 0 Å². The van der Waals surface area contributed by atoms with Crippen LogP contribution in [0.4, 0.5) is 11.4 Å². The Kier molecular flexibility index (Phi) is 6.85. The molecule has 2 aliphatic heterocycles. The van der Waals surface area contributed by atoms with Gasteiger partial charge in [-0.3, -0.25) is 9.59 Å². The molecule has 3 aromatic rings. The molecule has 5 rings (SSSR count). The van der Waals surface area contributed by atoms with Gasteiger partial charge in [0.1, 0.15) is 5.75 Å². The number of hydrogen-bond donors (Lipinski definition) is 1. The molecule has 2 atom stereocenters. The number of phenols is 1. The maximum absolute atomic E-state index is 14.1. The van der Waals surface area contributed by atoms with Gasteiger partial charge in [0.05, 0.1) is 34.6 Å². The molecule has 7 heteroatoms. The number of carbonyl (C=O) groups is 2. The molecular weight excluding hydrogens is 476 g/mol. The first kappa shape index (κ1) is 25.4. The number of aryl methyl sites for hydroxylation is 2. The molecule has 0 radical (unpaired) electrons. The normalized spacial score (nSPS) is 20.1. The van der Waals surface area contributed by atoms with E-state index in [0.29, 0.717) is 24.2 Å². The first-order valence-electron chi connectivity index (χ1n) is 13.1. The Morgan fingerprint density at radius 1 is 0.684 bits per heavy atom. The maximum atomic E-state index is 14.1. The quantitative estimate of drug-likeness (QED) is 0.428. The predicted octanol–water partition coefficient (Wildman–Crippen LogP) is 5.95. The lowest BCUT2D eigenvalue weighted by molar-refractivity contribution is -0.122. The standard InChI is InChI=1S/C31H32N4O3/c1-5-25-28(30(37)34(32-25)22-13-7-19(3)8-14-22)27(21-11-17-24(36)18-12-21)29-26(6-2)33-35(31(29)38)23-15-9-20(4)10-16-23/h7-18,27-29,36H,5-6H2,1-4H3. The van der Waals surface area contributed by atoms with Crippen molar-refractivity contribution in [3.8, 4) is 5.75 Å². The van der Waals surface area contributed by atoms with E-state index in [0.717, 1.165) is 28.1 Å². The van der Waals surface area contributed by atoms with Gasteiger partial charge < -0.3 is 5.11 Å². The van der Waals surface area contributed by atoms with Crippen molar-refractivity contribution in [2.75, 3.05) is 10.0 Å². The van der Waals surface area contributed by atoms with Crippen LogP contribution in [0.5, 0.6) is 5.75 Å². The number of carbonyl (C=O) groups excluding carboxylic acids is 2. The molecule has 0 saturated carbocycles. The largest absolute Gasteiger partial charge is 0.508 e. The van der Waals surface area contributed by atoms with Crippen LogP contribution >= 0.6 is 0 Å².